The molecule has 9 rings (SSSR count). The minimum absolute atomic E-state index is 0.0105. The third-order valence-electron chi connectivity index (χ3n) is 17.3. The first kappa shape index (κ1) is 104. The van der Waals surface area contributed by atoms with Crippen molar-refractivity contribution in [3.05, 3.63) is 129 Å². The molecule has 0 spiro atoms. The normalized spacial score (nSPS) is 12.6. The van der Waals surface area contributed by atoms with Crippen molar-refractivity contribution in [2.45, 2.75) is 65.4 Å². The average molecular weight is 2010 g/mol. The van der Waals surface area contributed by atoms with E-state index >= 15 is 0 Å². The van der Waals surface area contributed by atoms with E-state index in [4.69, 9.17) is 23.9 Å². The van der Waals surface area contributed by atoms with E-state index in [-0.39, 0.29) is 143 Å². The molecule has 9 aromatic rings. The molecule has 6 aromatic carbocycles. The van der Waals surface area contributed by atoms with Gasteiger partial charge in [-0.05, 0) is 122 Å². The number of azo groups is 4. The summed E-state index contributed by atoms with van der Waals surface area (Å²) in [5, 5.41) is 78.5. The Morgan fingerprint density at radius 1 is 0.538 bits per heavy atom. The van der Waals surface area contributed by atoms with Crippen molar-refractivity contribution in [3.8, 4) is 11.6 Å². The number of anilines is 6. The van der Waals surface area contributed by atoms with Crippen LogP contribution in [0.3, 0.4) is 0 Å². The number of aliphatic hydroxyl groups excluding tert-OH is 1. The highest BCUT2D eigenvalue weighted by Crippen LogP contribution is 2.47. The summed E-state index contributed by atoms with van der Waals surface area (Å²) in [6, 6.07) is 20.1. The minimum atomic E-state index is -4.89. The molecule has 0 aliphatic heterocycles. The van der Waals surface area contributed by atoms with Crippen molar-refractivity contribution in [3.63, 3.8) is 0 Å². The topological polar surface area (TPSA) is 714 Å². The van der Waals surface area contributed by atoms with E-state index in [0.29, 0.717) is 17.1 Å². The lowest BCUT2D eigenvalue weighted by Crippen LogP contribution is -2.18. The zero-order valence-electron chi connectivity index (χ0n) is 69.8. The maximum atomic E-state index is 13.2. The third kappa shape index (κ3) is 29.5. The Morgan fingerprint density at radius 2 is 1.05 bits per heavy atom. The number of para-hydroxylation sites is 2. The van der Waals surface area contributed by atoms with E-state index in [9.17, 15) is 96.7 Å². The Morgan fingerprint density at radius 3 is 1.58 bits per heavy atom. The van der Waals surface area contributed by atoms with Gasteiger partial charge >= 0.3 is 0 Å². The van der Waals surface area contributed by atoms with Gasteiger partial charge in [0, 0.05) is 47.1 Å². The van der Waals surface area contributed by atoms with Gasteiger partial charge in [0.1, 0.15) is 56.2 Å². The van der Waals surface area contributed by atoms with Crippen LogP contribution in [0, 0.1) is 24.0 Å². The molecule has 0 aliphatic rings. The van der Waals surface area contributed by atoms with Crippen LogP contribution in [0.15, 0.2) is 158 Å². The molecular formula is C70H83N19O31S10. The van der Waals surface area contributed by atoms with Gasteiger partial charge in [-0.3, -0.25) is 57.9 Å². The molecule has 0 aliphatic carbocycles. The number of nitro groups is 1. The van der Waals surface area contributed by atoms with E-state index in [1.807, 2.05) is 0 Å². The number of primary amides is 1. The van der Waals surface area contributed by atoms with Gasteiger partial charge in [-0.1, -0.05) is 18.2 Å². The number of amides is 2. The molecule has 9 N–H and O–H groups in total. The Labute approximate surface area is 752 Å². The van der Waals surface area contributed by atoms with Gasteiger partial charge in [-0.25, -0.2) is 4.98 Å². The summed E-state index contributed by atoms with van der Waals surface area (Å²) in [5.74, 6) is -7.61. The third-order valence-corrected chi connectivity index (χ3v) is 29.1. The number of fused-ring (bicyclic) bond motifs is 3. The number of aryl methyl sites for hydroxylation is 1. The van der Waals surface area contributed by atoms with E-state index in [1.165, 1.54) is 47.7 Å². The summed E-state index contributed by atoms with van der Waals surface area (Å²) in [6.45, 7) is 2.93. The molecule has 0 atom stereocenters. The highest BCUT2D eigenvalue weighted by molar-refractivity contribution is 7.99. The molecule has 0 bridgehead atoms. The number of carbonyl (C=O) groups is 2. The number of pyridine rings is 1. The lowest BCUT2D eigenvalue weighted by molar-refractivity contribution is -0.385. The number of aliphatic hydroxyl groups is 1. The van der Waals surface area contributed by atoms with Gasteiger partial charge in [0.2, 0.25) is 29.6 Å². The van der Waals surface area contributed by atoms with E-state index in [1.54, 1.807) is 31.2 Å². The molecule has 2 amide bonds. The molecule has 60 heteroatoms. The van der Waals surface area contributed by atoms with Crippen LogP contribution in [0.5, 0.6) is 11.6 Å². The van der Waals surface area contributed by atoms with Crippen molar-refractivity contribution in [1.29, 1.82) is 0 Å². The van der Waals surface area contributed by atoms with Crippen LogP contribution in [-0.2, 0) is 121 Å². The number of rotatable bonds is 47. The van der Waals surface area contributed by atoms with Gasteiger partial charge in [0.15, 0.2) is 5.65 Å². The summed E-state index contributed by atoms with van der Waals surface area (Å²) >= 11 is 1.92. The Balaban J connectivity index is 0.00000248. The minimum Gasteiger partial charge on any atom is -0.493 e. The van der Waals surface area contributed by atoms with Crippen LogP contribution in [0.4, 0.5) is 86.1 Å². The fourth-order valence-corrected chi connectivity index (χ4v) is 18.2. The van der Waals surface area contributed by atoms with Gasteiger partial charge in [-0.15, -0.1) is 59.3 Å². The lowest BCUT2D eigenvalue weighted by atomic mass is 10.1. The number of imidazole rings is 1. The fourth-order valence-electron chi connectivity index (χ4n) is 10.9. The first-order chi connectivity index (χ1) is 61.0. The van der Waals surface area contributed by atoms with E-state index in [0.717, 1.165) is 111 Å². The highest BCUT2D eigenvalue weighted by atomic mass is 32.3. The van der Waals surface area contributed by atoms with E-state index in [2.05, 4.69) is 103 Å². The predicted molar refractivity (Wildman–Crippen MR) is 473 cm³/mol. The predicted octanol–water partition coefficient (Wildman–Crippen LogP) is 10.2. The first-order valence-corrected chi connectivity index (χ1v) is 51.1. The standard InChI is InChI=1S/C67H75N19O27S9.C3H8O4S/c1-38-29-52(81-84-61-39(2)60(62(68)88)63-71-44-15-10-11-16-55(44)85(63)64(61)89)56(113-22-12-25-117(95,96)107-4)34-46(38)78-82-54-33-49(73-67-75-65(69-21-28-120(101,102)110-7)74-66(76-67)72-47-31-43(121(103,104)111-8)19-17-41(47)37-116(92,93)94)51(36-58(54)115-24-14-27-119(99,100)109-6)80-83-53-32-48(70-40(3)87)50(35-57(53)114-23-13-26-118(97,98)108-5)79-77-45-20-18-42(86(90)91)30-59(45)122(105,106)112-9;1-7-8(5,6)3-2-4/h10-11,15-20,29-36,89H,12-14,21-28,37H2,1-9H3,(H2,68,88)(H,70,87)(H,92,93,94)(H3,69,72,73,74,75,76);4H,2-3H2,1H3. The molecule has 0 fully saturated rings. The van der Waals surface area contributed by atoms with Gasteiger partial charge in [0.25, 0.3) is 92.5 Å². The van der Waals surface area contributed by atoms with Gasteiger partial charge < -0.3 is 42.0 Å². The van der Waals surface area contributed by atoms with Crippen LogP contribution in [-0.4, -0.2) is 233 Å². The molecule has 50 nitrogen and oxygen atoms in total. The Kier molecular flexibility index (Phi) is 36.3. The van der Waals surface area contributed by atoms with E-state index < -0.39 is 184 Å². The van der Waals surface area contributed by atoms with Crippen LogP contribution >= 0.6 is 23.5 Å². The molecular weight excluding hydrogens is 1920 g/mol. The lowest BCUT2D eigenvalue weighted by Gasteiger charge is -2.16. The summed E-state index contributed by atoms with van der Waals surface area (Å²) in [5.41, 5.74) is 3.75. The second-order valence-corrected chi connectivity index (χ2v) is 42.6. The molecule has 130 heavy (non-hydrogen) atoms. The van der Waals surface area contributed by atoms with Crippen molar-refractivity contribution in [2.75, 3.05) is 131 Å². The maximum Gasteiger partial charge on any atom is 0.299 e. The number of carbonyl (C=O) groups excluding carboxylic acids is 2. The number of aromatic nitrogens is 5. The number of hydrogen-bond donors (Lipinski definition) is 8. The second-order valence-electron chi connectivity index (χ2n) is 26.2. The van der Waals surface area contributed by atoms with Gasteiger partial charge in [0.05, 0.1) is 135 Å². The van der Waals surface area contributed by atoms with Crippen molar-refractivity contribution in [2.24, 2.45) is 46.6 Å². The smallest absolute Gasteiger partial charge is 0.299 e. The summed E-state index contributed by atoms with van der Waals surface area (Å²) in [6.07, 6.45) is -0.331. The Hall–Kier alpha value is -11.0. The van der Waals surface area contributed by atoms with Crippen LogP contribution < -0.4 is 31.7 Å². The molecule has 0 saturated carbocycles. The second kappa shape index (κ2) is 45.2. The quantitative estimate of drug-likeness (QED) is 0.00334. The molecule has 0 saturated heterocycles. The number of nitro benzene ring substituents is 1. The maximum absolute atomic E-state index is 13.2. The zero-order chi connectivity index (χ0) is 96.1. The van der Waals surface area contributed by atoms with Crippen LogP contribution in [0.2, 0.25) is 0 Å². The molecule has 704 valence electrons. The number of thioether (sulfide) groups is 2. The van der Waals surface area contributed by atoms with Crippen molar-refractivity contribution in [1.82, 2.24) is 24.3 Å². The highest BCUT2D eigenvalue weighted by Gasteiger charge is 2.29. The number of ether oxygens (including phenoxy) is 1. The zero-order valence-corrected chi connectivity index (χ0v) is 78.0. The van der Waals surface area contributed by atoms with Crippen molar-refractivity contribution < 1.29 is 131 Å². The molecule has 0 radical (unpaired) electrons. The summed E-state index contributed by atoms with van der Waals surface area (Å²) in [7, 11) is -27.5. The number of non-ortho nitro benzene ring substituents is 1. The summed E-state index contributed by atoms with van der Waals surface area (Å²) in [4.78, 5) is 53.8. The van der Waals surface area contributed by atoms with Gasteiger partial charge in [-0.2, -0.15) is 87.4 Å². The number of benzene rings is 6. The average Bonchev–Trinajstić information content (AvgIpc) is 1.58. The number of hydrogen-bond acceptors (Lipinski definition) is 47. The van der Waals surface area contributed by atoms with Crippen LogP contribution in [0.25, 0.3) is 16.7 Å². The molecule has 3 heterocycles. The van der Waals surface area contributed by atoms with Crippen LogP contribution in [0.1, 0.15) is 53.2 Å². The summed E-state index contributed by atoms with van der Waals surface area (Å²) < 4.78 is 248. The number of nitrogens with zero attached hydrogens (tertiary/aromatic N) is 14. The largest absolute Gasteiger partial charge is 0.493 e. The molecule has 3 aromatic heterocycles. The monoisotopic (exact) mass is 2010 g/mol. The SMILES string of the molecule is COS(=O)(=O)CCCOc1cc(N=Nc2cc(Nc3nc(NCCS(=O)(=O)OC)nc(Nc4cc(S(=O)(=O)OC)ccc4CS(=O)(=O)O)n3)c(N=Nc3cc(NC(C)=O)c(N=Nc4ccc([N+](=O)[O-])cc4S(=O)(=O)OC)cc3SCCCS(=O)(=O)OC)cc2SCCCS(=O)(=O)OC)c(C)cc1N=Nc1c(C)c(C(N)=O)c2nc3ccccc3n2c1O.COS(=O)(=O)CCO. The number of nitrogens with one attached hydrogen (secondary N) is 4. The first-order valence-electron chi connectivity index (χ1n) is 36.8. The number of aromatic hydroxyl groups is 1. The molecule has 0 unspecified atom stereocenters. The Bertz CT molecular complexity index is 6900. The number of nitrogens with two attached hydrogens (primary N) is 1. The van der Waals surface area contributed by atoms with Crippen molar-refractivity contribution >= 4 is 219 Å². The fraction of sp³-hybridized carbons (Fsp3) is 0.343.